The second-order valence-corrected chi connectivity index (χ2v) is 5.01. The van der Waals surface area contributed by atoms with E-state index in [0.29, 0.717) is 15.7 Å². The summed E-state index contributed by atoms with van der Waals surface area (Å²) in [6, 6.07) is 3.37. The number of hydrogen-bond donors (Lipinski definition) is 1. The summed E-state index contributed by atoms with van der Waals surface area (Å²) in [7, 11) is 0. The van der Waals surface area contributed by atoms with Gasteiger partial charge in [0.15, 0.2) is 0 Å². The van der Waals surface area contributed by atoms with E-state index in [4.69, 9.17) is 23.2 Å². The Morgan fingerprint density at radius 3 is 2.60 bits per heavy atom. The molecule has 0 radical (unpaired) electrons. The Balaban J connectivity index is 2.36. The summed E-state index contributed by atoms with van der Waals surface area (Å²) in [6.45, 7) is 5.17. The number of carbonyl (C=O) groups is 2. The Morgan fingerprint density at radius 2 is 2.05 bits per heavy atom. The number of hydrazone groups is 1. The number of amides is 2. The fourth-order valence-corrected chi connectivity index (χ4v) is 2.52. The normalized spacial score (nSPS) is 14.2. The minimum absolute atomic E-state index is 0.0277. The first kappa shape index (κ1) is 14.6. The number of carbonyl (C=O) groups excluding carboxylic acids is 2. The SMILES string of the molecule is C=CC(=O)NC1=NN(c2c(Cl)cc(C)cc2Cl)C(=O)C1. The van der Waals surface area contributed by atoms with Crippen molar-refractivity contribution < 1.29 is 9.59 Å². The van der Waals surface area contributed by atoms with Gasteiger partial charge in [-0.25, -0.2) is 0 Å². The molecule has 1 aromatic carbocycles. The van der Waals surface area contributed by atoms with Crippen LogP contribution in [0.4, 0.5) is 5.69 Å². The first-order valence-corrected chi connectivity index (χ1v) is 6.47. The lowest BCUT2D eigenvalue weighted by atomic mass is 10.2. The van der Waals surface area contributed by atoms with Gasteiger partial charge < -0.3 is 5.32 Å². The first-order valence-electron chi connectivity index (χ1n) is 5.72. The maximum absolute atomic E-state index is 12.0. The molecule has 0 atom stereocenters. The quantitative estimate of drug-likeness (QED) is 0.853. The topological polar surface area (TPSA) is 61.8 Å². The van der Waals surface area contributed by atoms with Gasteiger partial charge in [0, 0.05) is 0 Å². The first-order chi connectivity index (χ1) is 9.42. The molecule has 0 unspecified atom stereocenters. The van der Waals surface area contributed by atoms with Crippen molar-refractivity contribution in [2.75, 3.05) is 5.01 Å². The second kappa shape index (κ2) is 5.64. The van der Waals surface area contributed by atoms with Crippen molar-refractivity contribution in [2.24, 2.45) is 5.10 Å². The van der Waals surface area contributed by atoms with E-state index < -0.39 is 5.91 Å². The molecule has 104 valence electrons. The Hall–Kier alpha value is -1.85. The van der Waals surface area contributed by atoms with Crippen LogP contribution in [0.3, 0.4) is 0 Å². The Labute approximate surface area is 125 Å². The van der Waals surface area contributed by atoms with E-state index in [9.17, 15) is 9.59 Å². The van der Waals surface area contributed by atoms with E-state index in [1.54, 1.807) is 12.1 Å². The molecular formula is C13H11Cl2N3O2. The van der Waals surface area contributed by atoms with Gasteiger partial charge in [-0.15, -0.1) is 0 Å². The lowest BCUT2D eigenvalue weighted by Crippen LogP contribution is -2.27. The number of aryl methyl sites for hydroxylation is 1. The standard InChI is InChI=1S/C13H11Cl2N3O2/c1-3-11(19)16-10-6-12(20)18(17-10)13-8(14)4-7(2)5-9(13)15/h3-5H,1,6H2,2H3,(H,16,17,19). The number of amidine groups is 1. The maximum Gasteiger partial charge on any atom is 0.255 e. The van der Waals surface area contributed by atoms with E-state index in [2.05, 4.69) is 17.0 Å². The van der Waals surface area contributed by atoms with Gasteiger partial charge in [-0.05, 0) is 30.7 Å². The van der Waals surface area contributed by atoms with Crippen molar-refractivity contribution in [3.8, 4) is 0 Å². The molecule has 1 aliphatic heterocycles. The molecule has 0 aliphatic carbocycles. The van der Waals surface area contributed by atoms with E-state index in [-0.39, 0.29) is 18.2 Å². The van der Waals surface area contributed by atoms with Crippen molar-refractivity contribution in [1.82, 2.24) is 5.32 Å². The Kier molecular flexibility index (Phi) is 4.11. The molecule has 5 nitrogen and oxygen atoms in total. The molecule has 1 heterocycles. The zero-order valence-electron chi connectivity index (χ0n) is 10.6. The molecule has 20 heavy (non-hydrogen) atoms. The molecule has 2 amide bonds. The summed E-state index contributed by atoms with van der Waals surface area (Å²) in [5.41, 5.74) is 1.19. The average molecular weight is 312 g/mol. The molecule has 1 aromatic rings. The van der Waals surface area contributed by atoms with Crippen LogP contribution in [-0.2, 0) is 9.59 Å². The van der Waals surface area contributed by atoms with Crippen LogP contribution in [0.25, 0.3) is 0 Å². The zero-order valence-corrected chi connectivity index (χ0v) is 12.1. The Morgan fingerprint density at radius 1 is 1.45 bits per heavy atom. The summed E-state index contributed by atoms with van der Waals surface area (Å²) in [5.74, 6) is -0.524. The highest BCUT2D eigenvalue weighted by Crippen LogP contribution is 2.36. The van der Waals surface area contributed by atoms with Crippen molar-refractivity contribution >= 4 is 46.5 Å². The monoisotopic (exact) mass is 311 g/mol. The van der Waals surface area contributed by atoms with Gasteiger partial charge in [0.2, 0.25) is 5.91 Å². The van der Waals surface area contributed by atoms with Crippen LogP contribution < -0.4 is 10.3 Å². The van der Waals surface area contributed by atoms with Crippen LogP contribution in [0.5, 0.6) is 0 Å². The molecule has 1 aliphatic rings. The fourth-order valence-electron chi connectivity index (χ4n) is 1.76. The third kappa shape index (κ3) is 2.84. The van der Waals surface area contributed by atoms with E-state index in [1.807, 2.05) is 6.92 Å². The highest BCUT2D eigenvalue weighted by atomic mass is 35.5. The lowest BCUT2D eigenvalue weighted by molar-refractivity contribution is -0.116. The van der Waals surface area contributed by atoms with Gasteiger partial charge in [-0.2, -0.15) is 10.1 Å². The van der Waals surface area contributed by atoms with Gasteiger partial charge >= 0.3 is 0 Å². The van der Waals surface area contributed by atoms with Crippen LogP contribution in [-0.4, -0.2) is 17.6 Å². The molecule has 0 bridgehead atoms. The predicted octanol–water partition coefficient (Wildman–Crippen LogP) is 2.65. The molecule has 0 saturated heterocycles. The van der Waals surface area contributed by atoms with Crippen LogP contribution in [0.15, 0.2) is 29.9 Å². The van der Waals surface area contributed by atoms with Gasteiger partial charge in [0.05, 0.1) is 16.5 Å². The number of anilines is 1. The van der Waals surface area contributed by atoms with E-state index >= 15 is 0 Å². The lowest BCUT2D eigenvalue weighted by Gasteiger charge is -2.15. The van der Waals surface area contributed by atoms with Crippen molar-refractivity contribution in [3.05, 3.63) is 40.4 Å². The summed E-state index contributed by atoms with van der Waals surface area (Å²) in [5, 5.41) is 8.23. The van der Waals surface area contributed by atoms with Gasteiger partial charge in [-0.1, -0.05) is 29.8 Å². The maximum atomic E-state index is 12.0. The van der Waals surface area contributed by atoms with Crippen molar-refractivity contribution in [3.63, 3.8) is 0 Å². The number of benzene rings is 1. The number of halogens is 2. The summed E-state index contributed by atoms with van der Waals surface area (Å²) < 4.78 is 0. The van der Waals surface area contributed by atoms with Crippen LogP contribution in [0.2, 0.25) is 10.0 Å². The Bertz CT molecular complexity index is 617. The van der Waals surface area contributed by atoms with Crippen molar-refractivity contribution in [2.45, 2.75) is 13.3 Å². The predicted molar refractivity (Wildman–Crippen MR) is 79.1 cm³/mol. The third-order valence-corrected chi connectivity index (χ3v) is 3.18. The third-order valence-electron chi connectivity index (χ3n) is 2.60. The minimum Gasteiger partial charge on any atom is -0.309 e. The number of nitrogens with one attached hydrogen (secondary N) is 1. The molecule has 2 rings (SSSR count). The van der Waals surface area contributed by atoms with E-state index in [0.717, 1.165) is 16.6 Å². The van der Waals surface area contributed by atoms with Gasteiger partial charge in [-0.3, -0.25) is 9.59 Å². The summed E-state index contributed by atoms with van der Waals surface area (Å²) in [4.78, 5) is 23.2. The largest absolute Gasteiger partial charge is 0.309 e. The number of nitrogens with zero attached hydrogens (tertiary/aromatic N) is 2. The van der Waals surface area contributed by atoms with Gasteiger partial charge in [0.1, 0.15) is 11.5 Å². The summed E-state index contributed by atoms with van der Waals surface area (Å²) >= 11 is 12.2. The van der Waals surface area contributed by atoms with Crippen LogP contribution >= 0.6 is 23.2 Å². The average Bonchev–Trinajstić information content (AvgIpc) is 2.69. The number of rotatable bonds is 2. The highest BCUT2D eigenvalue weighted by Gasteiger charge is 2.29. The number of hydrogen-bond acceptors (Lipinski definition) is 3. The van der Waals surface area contributed by atoms with Crippen LogP contribution in [0.1, 0.15) is 12.0 Å². The fraction of sp³-hybridized carbons (Fsp3) is 0.154. The summed E-state index contributed by atoms with van der Waals surface area (Å²) in [6.07, 6.45) is 1.07. The zero-order chi connectivity index (χ0) is 14.9. The van der Waals surface area contributed by atoms with Crippen molar-refractivity contribution in [1.29, 1.82) is 0 Å². The molecular weight excluding hydrogens is 301 g/mol. The molecule has 1 N–H and O–H groups in total. The molecule has 0 aromatic heterocycles. The molecule has 0 fully saturated rings. The molecule has 0 spiro atoms. The van der Waals surface area contributed by atoms with Crippen LogP contribution in [0, 0.1) is 6.92 Å². The smallest absolute Gasteiger partial charge is 0.255 e. The van der Waals surface area contributed by atoms with E-state index in [1.165, 1.54) is 0 Å². The molecule has 0 saturated carbocycles. The second-order valence-electron chi connectivity index (χ2n) is 4.20. The molecule has 7 heteroatoms. The highest BCUT2D eigenvalue weighted by molar-refractivity contribution is 6.40. The minimum atomic E-state index is -0.431. The van der Waals surface area contributed by atoms with Gasteiger partial charge in [0.25, 0.3) is 5.91 Å².